The van der Waals surface area contributed by atoms with E-state index in [0.717, 1.165) is 40.6 Å². The maximum Gasteiger partial charge on any atom is 0.374 e. The molecule has 0 saturated carbocycles. The van der Waals surface area contributed by atoms with Crippen LogP contribution in [-0.4, -0.2) is 78.5 Å². The number of carbonyl (C=O) groups is 6. The van der Waals surface area contributed by atoms with E-state index in [0.29, 0.717) is 0 Å². The standard InChI is InChI=1S/C16H14O10.C8H8O5/c1-21-13(17)9-5-7(11(25-9)15(19)23-3)8-6-10(14(18)22-2)26-12(8)16(20)24-4;1-11-7(9)5-3-4-6(13-5)8(10)12-2/h5-6H,1-4H3;3-4H,1-2H3. The quantitative estimate of drug-likeness (QED) is 0.307. The van der Waals surface area contributed by atoms with Crippen molar-refractivity contribution < 1.29 is 70.4 Å². The molecular weight excluding hydrogens is 528 g/mol. The third kappa shape index (κ3) is 6.71. The van der Waals surface area contributed by atoms with E-state index in [1.54, 1.807) is 0 Å². The molecule has 0 aromatic carbocycles. The molecule has 15 heteroatoms. The van der Waals surface area contributed by atoms with Crippen LogP contribution in [0.5, 0.6) is 0 Å². The van der Waals surface area contributed by atoms with Crippen molar-refractivity contribution in [2.75, 3.05) is 42.7 Å². The van der Waals surface area contributed by atoms with Crippen molar-refractivity contribution in [3.05, 3.63) is 58.8 Å². The van der Waals surface area contributed by atoms with Crippen molar-refractivity contribution in [3.8, 4) is 11.1 Å². The van der Waals surface area contributed by atoms with Crippen LogP contribution in [0.4, 0.5) is 0 Å². The molecule has 15 nitrogen and oxygen atoms in total. The molecule has 0 saturated heterocycles. The minimum Gasteiger partial charge on any atom is -0.463 e. The number of ether oxygens (including phenoxy) is 6. The van der Waals surface area contributed by atoms with Gasteiger partial charge in [0.05, 0.1) is 42.7 Å². The molecule has 208 valence electrons. The van der Waals surface area contributed by atoms with Gasteiger partial charge in [0.25, 0.3) is 0 Å². The fraction of sp³-hybridized carbons (Fsp3) is 0.250. The Bertz CT molecular complexity index is 1280. The number of rotatable bonds is 7. The molecule has 0 unspecified atom stereocenters. The Kier molecular flexibility index (Phi) is 10.2. The van der Waals surface area contributed by atoms with Crippen molar-refractivity contribution in [3.63, 3.8) is 0 Å². The molecule has 0 radical (unpaired) electrons. The summed E-state index contributed by atoms with van der Waals surface area (Å²) in [5, 5.41) is 0. The van der Waals surface area contributed by atoms with Gasteiger partial charge in [-0.05, 0) is 12.1 Å². The first kappa shape index (κ1) is 29.9. The van der Waals surface area contributed by atoms with Gasteiger partial charge in [0, 0.05) is 23.3 Å². The van der Waals surface area contributed by atoms with Crippen LogP contribution in [0.1, 0.15) is 63.3 Å². The highest BCUT2D eigenvalue weighted by molar-refractivity contribution is 6.04. The first-order valence-electron chi connectivity index (χ1n) is 10.4. The van der Waals surface area contributed by atoms with E-state index in [2.05, 4.69) is 28.4 Å². The van der Waals surface area contributed by atoms with E-state index in [9.17, 15) is 28.8 Å². The van der Waals surface area contributed by atoms with Gasteiger partial charge in [-0.2, -0.15) is 0 Å². The lowest BCUT2D eigenvalue weighted by atomic mass is 10.1. The zero-order valence-corrected chi connectivity index (χ0v) is 21.4. The van der Waals surface area contributed by atoms with Crippen LogP contribution in [0, 0.1) is 0 Å². The molecule has 3 aromatic rings. The predicted molar refractivity (Wildman–Crippen MR) is 123 cm³/mol. The van der Waals surface area contributed by atoms with Gasteiger partial charge in [0.1, 0.15) is 0 Å². The smallest absolute Gasteiger partial charge is 0.374 e. The van der Waals surface area contributed by atoms with Gasteiger partial charge in [0.15, 0.2) is 0 Å². The molecule has 0 atom stereocenters. The first-order chi connectivity index (χ1) is 18.6. The van der Waals surface area contributed by atoms with E-state index in [4.69, 9.17) is 13.3 Å². The second-order valence-corrected chi connectivity index (χ2v) is 6.82. The zero-order chi connectivity index (χ0) is 29.3. The monoisotopic (exact) mass is 550 g/mol. The van der Waals surface area contributed by atoms with Gasteiger partial charge in [-0.3, -0.25) is 0 Å². The Morgan fingerprint density at radius 1 is 0.436 bits per heavy atom. The number of hydrogen-bond acceptors (Lipinski definition) is 15. The molecule has 0 aliphatic heterocycles. The van der Waals surface area contributed by atoms with Gasteiger partial charge in [-0.15, -0.1) is 0 Å². The van der Waals surface area contributed by atoms with Crippen LogP contribution >= 0.6 is 0 Å². The van der Waals surface area contributed by atoms with E-state index in [1.165, 1.54) is 26.4 Å². The van der Waals surface area contributed by atoms with E-state index >= 15 is 0 Å². The predicted octanol–water partition coefficient (Wildman–Crippen LogP) is 2.54. The lowest BCUT2D eigenvalue weighted by Crippen LogP contribution is -2.04. The molecule has 0 N–H and O–H groups in total. The molecule has 0 amide bonds. The third-order valence-corrected chi connectivity index (χ3v) is 4.65. The Morgan fingerprint density at radius 2 is 0.718 bits per heavy atom. The summed E-state index contributed by atoms with van der Waals surface area (Å²) in [6.07, 6.45) is 0. The SMILES string of the molecule is COC(=O)c1cc(-c2cc(C(=O)OC)oc2C(=O)OC)c(C(=O)OC)o1.COC(=O)c1ccc(C(=O)OC)o1. The molecule has 0 aliphatic carbocycles. The number of esters is 6. The molecule has 0 aliphatic rings. The molecule has 3 aromatic heterocycles. The van der Waals surface area contributed by atoms with E-state index < -0.39 is 47.3 Å². The molecule has 0 fully saturated rings. The molecule has 0 spiro atoms. The molecular formula is C24H22O15. The summed E-state index contributed by atoms with van der Waals surface area (Å²) in [7, 11) is 6.89. The zero-order valence-electron chi connectivity index (χ0n) is 21.4. The van der Waals surface area contributed by atoms with Gasteiger partial charge in [0.2, 0.25) is 34.6 Å². The highest BCUT2D eigenvalue weighted by Gasteiger charge is 2.31. The average Bonchev–Trinajstić information content (AvgIpc) is 3.73. The van der Waals surface area contributed by atoms with Gasteiger partial charge in [-0.1, -0.05) is 0 Å². The van der Waals surface area contributed by atoms with Crippen LogP contribution in [-0.2, 0) is 28.4 Å². The van der Waals surface area contributed by atoms with Crippen molar-refractivity contribution in [2.45, 2.75) is 0 Å². The summed E-state index contributed by atoms with van der Waals surface area (Å²) in [5.41, 5.74) is -0.0619. The second kappa shape index (κ2) is 13.3. The lowest BCUT2D eigenvalue weighted by molar-refractivity contribution is 0.0514. The summed E-state index contributed by atoms with van der Waals surface area (Å²) >= 11 is 0. The van der Waals surface area contributed by atoms with Gasteiger partial charge < -0.3 is 41.7 Å². The van der Waals surface area contributed by atoms with Crippen molar-refractivity contribution in [2.24, 2.45) is 0 Å². The number of methoxy groups -OCH3 is 6. The van der Waals surface area contributed by atoms with Gasteiger partial charge in [-0.25, -0.2) is 28.8 Å². The Hall–Kier alpha value is -5.34. The minimum atomic E-state index is -0.924. The second-order valence-electron chi connectivity index (χ2n) is 6.82. The molecule has 3 heterocycles. The van der Waals surface area contributed by atoms with Crippen molar-refractivity contribution in [1.29, 1.82) is 0 Å². The summed E-state index contributed by atoms with van der Waals surface area (Å²) in [4.78, 5) is 69.1. The van der Waals surface area contributed by atoms with Crippen molar-refractivity contribution >= 4 is 35.8 Å². The van der Waals surface area contributed by atoms with E-state index in [-0.39, 0.29) is 34.2 Å². The number of carbonyl (C=O) groups excluding carboxylic acids is 6. The third-order valence-electron chi connectivity index (χ3n) is 4.65. The van der Waals surface area contributed by atoms with E-state index in [1.807, 2.05) is 0 Å². The van der Waals surface area contributed by atoms with Crippen LogP contribution in [0.15, 0.2) is 37.5 Å². The topological polar surface area (TPSA) is 197 Å². The minimum absolute atomic E-state index is 0.0251. The Labute approximate surface area is 219 Å². The van der Waals surface area contributed by atoms with Gasteiger partial charge >= 0.3 is 35.8 Å². The van der Waals surface area contributed by atoms with Crippen molar-refractivity contribution in [1.82, 2.24) is 0 Å². The Morgan fingerprint density at radius 3 is 1.00 bits per heavy atom. The van der Waals surface area contributed by atoms with Crippen LogP contribution < -0.4 is 0 Å². The highest BCUT2D eigenvalue weighted by Crippen LogP contribution is 2.34. The molecule has 0 bridgehead atoms. The summed E-state index contributed by atoms with van der Waals surface area (Å²) in [6, 6.07) is 4.99. The number of hydrogen-bond donors (Lipinski definition) is 0. The maximum absolute atomic E-state index is 12.0. The first-order valence-corrected chi connectivity index (χ1v) is 10.4. The number of furan rings is 3. The average molecular weight is 550 g/mol. The summed E-state index contributed by atoms with van der Waals surface area (Å²) in [5.74, 6) is -6.31. The fourth-order valence-electron chi connectivity index (χ4n) is 2.83. The molecule has 39 heavy (non-hydrogen) atoms. The largest absolute Gasteiger partial charge is 0.463 e. The lowest BCUT2D eigenvalue weighted by Gasteiger charge is -2.01. The summed E-state index contributed by atoms with van der Waals surface area (Å²) in [6.45, 7) is 0. The Balaban J connectivity index is 0.000000344. The summed E-state index contributed by atoms with van der Waals surface area (Å²) < 4.78 is 42.2. The van der Waals surface area contributed by atoms with Crippen LogP contribution in [0.25, 0.3) is 11.1 Å². The highest BCUT2D eigenvalue weighted by atomic mass is 16.6. The fourth-order valence-corrected chi connectivity index (χ4v) is 2.83. The maximum atomic E-state index is 12.0. The molecule has 3 rings (SSSR count). The van der Waals surface area contributed by atoms with Crippen LogP contribution in [0.3, 0.4) is 0 Å². The van der Waals surface area contributed by atoms with Crippen LogP contribution in [0.2, 0.25) is 0 Å². The normalized spacial score (nSPS) is 9.90.